The monoisotopic (exact) mass is 302 g/mol. The van der Waals surface area contributed by atoms with Crippen molar-refractivity contribution < 1.29 is 14.6 Å². The molecule has 0 aliphatic heterocycles. The summed E-state index contributed by atoms with van der Waals surface area (Å²) < 4.78 is 7.23. The van der Waals surface area contributed by atoms with Crippen LogP contribution in [-0.2, 0) is 17.9 Å². The van der Waals surface area contributed by atoms with E-state index in [-0.39, 0.29) is 24.3 Å². The third-order valence-electron chi connectivity index (χ3n) is 3.33. The van der Waals surface area contributed by atoms with Gasteiger partial charge >= 0.3 is 5.97 Å². The minimum atomic E-state index is -1.09. The minimum Gasteiger partial charge on any atom is -0.483 e. The van der Waals surface area contributed by atoms with Gasteiger partial charge in [0.2, 0.25) is 5.43 Å². The molecule has 1 heterocycles. The summed E-state index contributed by atoms with van der Waals surface area (Å²) in [5, 5.41) is 8.88. The van der Waals surface area contributed by atoms with Crippen LogP contribution in [0.3, 0.4) is 0 Å². The molecular formula is C16H18N2O4. The fraction of sp³-hybridized carbons (Fsp3) is 0.250. The third-order valence-corrected chi connectivity index (χ3v) is 3.33. The van der Waals surface area contributed by atoms with Crippen molar-refractivity contribution in [2.45, 2.75) is 26.1 Å². The molecule has 0 radical (unpaired) electrons. The van der Waals surface area contributed by atoms with Gasteiger partial charge in [0.25, 0.3) is 0 Å². The number of carbonyl (C=O) groups is 1. The Kier molecular flexibility index (Phi) is 4.95. The van der Waals surface area contributed by atoms with Gasteiger partial charge in [0, 0.05) is 18.8 Å². The Morgan fingerprint density at radius 3 is 2.64 bits per heavy atom. The van der Waals surface area contributed by atoms with Crippen LogP contribution in [0.15, 0.2) is 47.4 Å². The second-order valence-electron chi connectivity index (χ2n) is 4.97. The molecule has 0 saturated heterocycles. The third kappa shape index (κ3) is 3.73. The lowest BCUT2D eigenvalue weighted by Gasteiger charge is -2.16. The first kappa shape index (κ1) is 15.8. The van der Waals surface area contributed by atoms with Gasteiger partial charge in [-0.15, -0.1) is 0 Å². The Balaban J connectivity index is 2.20. The number of rotatable bonds is 6. The molecule has 1 atom stereocenters. The lowest BCUT2D eigenvalue weighted by atomic mass is 10.2. The number of ether oxygens (including phenoxy) is 1. The van der Waals surface area contributed by atoms with E-state index < -0.39 is 12.0 Å². The molecule has 6 heteroatoms. The number of nitrogens with zero attached hydrogens (tertiary/aromatic N) is 1. The fourth-order valence-electron chi connectivity index (χ4n) is 2.05. The molecule has 1 unspecified atom stereocenters. The van der Waals surface area contributed by atoms with Gasteiger partial charge in [-0.2, -0.15) is 0 Å². The summed E-state index contributed by atoms with van der Waals surface area (Å²) in [4.78, 5) is 22.8. The van der Waals surface area contributed by atoms with Crippen LogP contribution in [0.1, 0.15) is 11.3 Å². The quantitative estimate of drug-likeness (QED) is 0.834. The summed E-state index contributed by atoms with van der Waals surface area (Å²) in [6, 6.07) is 9.79. The summed E-state index contributed by atoms with van der Waals surface area (Å²) in [5.74, 6) is -0.881. The van der Waals surface area contributed by atoms with Gasteiger partial charge in [-0.1, -0.05) is 30.3 Å². The van der Waals surface area contributed by atoms with Crippen LogP contribution >= 0.6 is 0 Å². The second-order valence-corrected chi connectivity index (χ2v) is 4.97. The number of carboxylic acid groups (broad SMARTS) is 1. The van der Waals surface area contributed by atoms with Gasteiger partial charge in [-0.25, -0.2) is 0 Å². The van der Waals surface area contributed by atoms with Gasteiger partial charge in [-0.05, 0) is 12.5 Å². The van der Waals surface area contributed by atoms with Gasteiger partial charge in [-0.3, -0.25) is 9.59 Å². The van der Waals surface area contributed by atoms with Crippen molar-refractivity contribution in [1.29, 1.82) is 0 Å². The molecule has 2 aromatic rings. The van der Waals surface area contributed by atoms with Gasteiger partial charge in [0.15, 0.2) is 5.75 Å². The van der Waals surface area contributed by atoms with E-state index in [1.165, 1.54) is 12.3 Å². The van der Waals surface area contributed by atoms with Crippen molar-refractivity contribution in [3.63, 3.8) is 0 Å². The van der Waals surface area contributed by atoms with Gasteiger partial charge in [0.05, 0.1) is 5.69 Å². The van der Waals surface area contributed by atoms with Crippen molar-refractivity contribution in [1.82, 2.24) is 4.57 Å². The molecule has 0 saturated carbocycles. The zero-order valence-corrected chi connectivity index (χ0v) is 12.2. The highest BCUT2D eigenvalue weighted by Crippen LogP contribution is 2.14. The van der Waals surface area contributed by atoms with Crippen LogP contribution in [0.2, 0.25) is 0 Å². The van der Waals surface area contributed by atoms with Crippen molar-refractivity contribution >= 4 is 5.97 Å². The average molecular weight is 302 g/mol. The van der Waals surface area contributed by atoms with Crippen molar-refractivity contribution in [3.05, 3.63) is 64.1 Å². The molecule has 0 aliphatic carbocycles. The number of nitrogens with two attached hydrogens (primary N) is 1. The normalized spacial score (nSPS) is 11.9. The van der Waals surface area contributed by atoms with Crippen LogP contribution < -0.4 is 15.9 Å². The fourth-order valence-corrected chi connectivity index (χ4v) is 2.05. The van der Waals surface area contributed by atoms with E-state index in [4.69, 9.17) is 15.6 Å². The molecule has 0 fully saturated rings. The van der Waals surface area contributed by atoms with E-state index in [0.29, 0.717) is 5.69 Å². The van der Waals surface area contributed by atoms with Crippen LogP contribution in [0.4, 0.5) is 0 Å². The molecule has 0 bridgehead atoms. The number of pyridine rings is 1. The number of aliphatic carboxylic acids is 1. The maximum atomic E-state index is 11.9. The van der Waals surface area contributed by atoms with Crippen LogP contribution in [0.25, 0.3) is 0 Å². The van der Waals surface area contributed by atoms with E-state index >= 15 is 0 Å². The smallest absolute Gasteiger partial charge is 0.322 e. The highest BCUT2D eigenvalue weighted by molar-refractivity contribution is 5.72. The summed E-state index contributed by atoms with van der Waals surface area (Å²) in [7, 11) is 0. The SMILES string of the molecule is Cc1c(OCc2ccccc2)c(=O)ccn1CC(N)C(=O)O. The summed E-state index contributed by atoms with van der Waals surface area (Å²) in [6.45, 7) is 2.05. The zero-order valence-electron chi connectivity index (χ0n) is 12.2. The molecule has 1 aromatic heterocycles. The van der Waals surface area contributed by atoms with Crippen LogP contribution in [0.5, 0.6) is 5.75 Å². The van der Waals surface area contributed by atoms with E-state index in [2.05, 4.69) is 0 Å². The first-order chi connectivity index (χ1) is 10.5. The molecule has 2 rings (SSSR count). The van der Waals surface area contributed by atoms with E-state index in [9.17, 15) is 9.59 Å². The maximum Gasteiger partial charge on any atom is 0.322 e. The number of carboxylic acids is 1. The number of hydrogen-bond acceptors (Lipinski definition) is 4. The number of aromatic nitrogens is 1. The van der Waals surface area contributed by atoms with Crippen molar-refractivity contribution in [2.24, 2.45) is 5.73 Å². The second kappa shape index (κ2) is 6.91. The topological polar surface area (TPSA) is 94.5 Å². The molecule has 116 valence electrons. The highest BCUT2D eigenvalue weighted by atomic mass is 16.5. The number of hydrogen-bond donors (Lipinski definition) is 2. The van der Waals surface area contributed by atoms with Gasteiger partial charge in [0.1, 0.15) is 12.6 Å². The average Bonchev–Trinajstić information content (AvgIpc) is 2.50. The molecule has 1 aromatic carbocycles. The molecule has 3 N–H and O–H groups in total. The van der Waals surface area contributed by atoms with E-state index in [0.717, 1.165) is 5.56 Å². The Morgan fingerprint density at radius 2 is 2.00 bits per heavy atom. The zero-order chi connectivity index (χ0) is 16.1. The first-order valence-corrected chi connectivity index (χ1v) is 6.84. The number of benzene rings is 1. The molecule has 0 aliphatic rings. The highest BCUT2D eigenvalue weighted by Gasteiger charge is 2.15. The Hall–Kier alpha value is -2.60. The summed E-state index contributed by atoms with van der Waals surface area (Å²) in [5.41, 5.74) is 6.79. The Labute approximate surface area is 127 Å². The standard InChI is InChI=1S/C16H18N2O4/c1-11-15(22-10-12-5-3-2-4-6-12)14(19)7-8-18(11)9-13(17)16(20)21/h2-8,13H,9-10,17H2,1H3,(H,20,21). The molecule has 22 heavy (non-hydrogen) atoms. The van der Waals surface area contributed by atoms with Crippen molar-refractivity contribution in [2.75, 3.05) is 0 Å². The van der Waals surface area contributed by atoms with E-state index in [1.54, 1.807) is 11.5 Å². The van der Waals surface area contributed by atoms with E-state index in [1.807, 2.05) is 30.3 Å². The molecule has 6 nitrogen and oxygen atoms in total. The first-order valence-electron chi connectivity index (χ1n) is 6.84. The summed E-state index contributed by atoms with van der Waals surface area (Å²) >= 11 is 0. The molecular weight excluding hydrogens is 284 g/mol. The summed E-state index contributed by atoms with van der Waals surface area (Å²) in [6.07, 6.45) is 1.52. The van der Waals surface area contributed by atoms with Crippen LogP contribution in [-0.4, -0.2) is 21.7 Å². The molecule has 0 spiro atoms. The van der Waals surface area contributed by atoms with Crippen molar-refractivity contribution in [3.8, 4) is 5.75 Å². The minimum absolute atomic E-state index is 0.0726. The van der Waals surface area contributed by atoms with Gasteiger partial charge < -0.3 is 20.1 Å². The van der Waals surface area contributed by atoms with Crippen LogP contribution in [0, 0.1) is 6.92 Å². The lowest BCUT2D eigenvalue weighted by Crippen LogP contribution is -2.35. The lowest BCUT2D eigenvalue weighted by molar-refractivity contribution is -0.138. The Morgan fingerprint density at radius 1 is 1.32 bits per heavy atom. The predicted molar refractivity (Wildman–Crippen MR) is 81.8 cm³/mol. The maximum absolute atomic E-state index is 11.9. The largest absolute Gasteiger partial charge is 0.483 e. The Bertz CT molecular complexity index is 710. The molecule has 0 amide bonds. The predicted octanol–water partition coefficient (Wildman–Crippen LogP) is 1.15.